The van der Waals surface area contributed by atoms with Crippen LogP contribution in [0.4, 0.5) is 0 Å². The number of hydrogen-bond acceptors (Lipinski definition) is 0. The minimum atomic E-state index is -0.161. The molecule has 0 N–H and O–H groups in total. The molecule has 0 aliphatic heterocycles. The molecule has 0 atom stereocenters. The summed E-state index contributed by atoms with van der Waals surface area (Å²) in [7, 11) is 0. The van der Waals surface area contributed by atoms with E-state index in [1.165, 1.54) is 126 Å². The highest BCUT2D eigenvalue weighted by Gasteiger charge is 2.36. The van der Waals surface area contributed by atoms with Gasteiger partial charge in [0.05, 0.1) is 0 Å². The third-order valence-electron chi connectivity index (χ3n) is 13.6. The van der Waals surface area contributed by atoms with E-state index in [0.29, 0.717) is 5.92 Å². The summed E-state index contributed by atoms with van der Waals surface area (Å²) in [6.07, 6.45) is 0. The van der Waals surface area contributed by atoms with Crippen molar-refractivity contribution in [2.45, 2.75) is 39.0 Å². The van der Waals surface area contributed by atoms with E-state index >= 15 is 0 Å². The fourth-order valence-electron chi connectivity index (χ4n) is 10.7. The van der Waals surface area contributed by atoms with Crippen molar-refractivity contribution in [2.75, 3.05) is 0 Å². The fraction of sp³-hybridized carbons (Fsp3) is 0.103. The van der Waals surface area contributed by atoms with Gasteiger partial charge >= 0.3 is 0 Å². The molecule has 11 aromatic carbocycles. The molecule has 0 radical (unpaired) electrons. The molecule has 11 aromatic rings. The second-order valence-corrected chi connectivity index (χ2v) is 17.4. The first kappa shape index (κ1) is 33.4. The summed E-state index contributed by atoms with van der Waals surface area (Å²) in [6.45, 7) is 9.43. The lowest BCUT2D eigenvalue weighted by atomic mass is 9.80. The zero-order valence-electron chi connectivity index (χ0n) is 33.3. The predicted molar refractivity (Wildman–Crippen MR) is 251 cm³/mol. The van der Waals surface area contributed by atoms with Crippen LogP contribution in [-0.4, -0.2) is 0 Å². The average Bonchev–Trinajstić information content (AvgIpc) is 3.49. The van der Waals surface area contributed by atoms with Gasteiger partial charge in [0.25, 0.3) is 0 Å². The van der Waals surface area contributed by atoms with Gasteiger partial charge in [-0.2, -0.15) is 0 Å². The summed E-state index contributed by atoms with van der Waals surface area (Å²) in [5.74, 6) is 0.462. The monoisotopic (exact) mass is 738 g/mol. The molecule has 0 fully saturated rings. The highest BCUT2D eigenvalue weighted by molar-refractivity contribution is 6.27. The molecule has 1 aliphatic rings. The summed E-state index contributed by atoms with van der Waals surface area (Å²) < 4.78 is 0. The summed E-state index contributed by atoms with van der Waals surface area (Å²) in [5, 5.41) is 16.0. The fourth-order valence-corrected chi connectivity index (χ4v) is 10.7. The lowest BCUT2D eigenvalue weighted by Gasteiger charge is -2.23. The van der Waals surface area contributed by atoms with Crippen LogP contribution in [0.5, 0.6) is 0 Å². The van der Waals surface area contributed by atoms with E-state index in [9.17, 15) is 0 Å². The quantitative estimate of drug-likeness (QED) is 0.158. The first-order valence-corrected chi connectivity index (χ1v) is 20.8. The van der Waals surface area contributed by atoms with Crippen molar-refractivity contribution in [1.82, 2.24) is 0 Å². The van der Waals surface area contributed by atoms with Gasteiger partial charge in [-0.15, -0.1) is 0 Å². The molecule has 0 spiro atoms. The molecule has 0 saturated heterocycles. The van der Waals surface area contributed by atoms with Gasteiger partial charge in [-0.3, -0.25) is 0 Å². The second kappa shape index (κ2) is 12.1. The molecule has 0 heteroatoms. The normalized spacial score (nSPS) is 13.5. The largest absolute Gasteiger partial charge is 0.0622 e. The summed E-state index contributed by atoms with van der Waals surface area (Å²) >= 11 is 0. The third kappa shape index (κ3) is 4.63. The Morgan fingerprint density at radius 1 is 0.328 bits per heavy atom. The predicted octanol–water partition coefficient (Wildman–Crippen LogP) is 16.5. The Bertz CT molecular complexity index is 3490. The van der Waals surface area contributed by atoms with Crippen LogP contribution in [0.2, 0.25) is 0 Å². The highest BCUT2D eigenvalue weighted by atomic mass is 14.4. The van der Waals surface area contributed by atoms with Gasteiger partial charge in [-0.25, -0.2) is 0 Å². The van der Waals surface area contributed by atoms with Crippen molar-refractivity contribution in [2.24, 2.45) is 0 Å². The summed E-state index contributed by atoms with van der Waals surface area (Å²) in [4.78, 5) is 0. The number of rotatable bonds is 4. The SMILES string of the molecule is CC(C)c1ccc2ccc3c(-c4ccc(-c5ccc6c(c5)C(C)(C)c5cc7c8ccccc8c8ccccc8c7cc5-6)c(-c5ccccc5)c4)ccc4ccc1c2c43. The van der Waals surface area contributed by atoms with Crippen LogP contribution >= 0.6 is 0 Å². The molecule has 0 bridgehead atoms. The average molecular weight is 739 g/mol. The van der Waals surface area contributed by atoms with Crippen molar-refractivity contribution >= 4 is 64.6 Å². The van der Waals surface area contributed by atoms with Crippen molar-refractivity contribution in [1.29, 1.82) is 0 Å². The summed E-state index contributed by atoms with van der Waals surface area (Å²) in [6, 6.07) is 66.8. The second-order valence-electron chi connectivity index (χ2n) is 17.4. The maximum absolute atomic E-state index is 2.50. The molecule has 58 heavy (non-hydrogen) atoms. The van der Waals surface area contributed by atoms with Crippen LogP contribution in [-0.2, 0) is 5.41 Å². The molecule has 0 amide bonds. The van der Waals surface area contributed by atoms with Gasteiger partial charge in [0.15, 0.2) is 0 Å². The van der Waals surface area contributed by atoms with E-state index in [0.717, 1.165) is 0 Å². The molecule has 0 nitrogen and oxygen atoms in total. The van der Waals surface area contributed by atoms with Crippen LogP contribution in [0.1, 0.15) is 50.3 Å². The van der Waals surface area contributed by atoms with E-state index in [1.54, 1.807) is 0 Å². The van der Waals surface area contributed by atoms with Gasteiger partial charge in [-0.05, 0) is 156 Å². The van der Waals surface area contributed by atoms with Crippen molar-refractivity contribution in [3.8, 4) is 44.5 Å². The maximum Gasteiger partial charge on any atom is 0.0159 e. The Morgan fingerprint density at radius 3 is 1.53 bits per heavy atom. The van der Waals surface area contributed by atoms with Crippen LogP contribution in [0.25, 0.3) is 109 Å². The van der Waals surface area contributed by atoms with E-state index in [2.05, 4.69) is 204 Å². The molecule has 0 saturated carbocycles. The number of hydrogen-bond donors (Lipinski definition) is 0. The molecule has 0 heterocycles. The molecule has 0 aromatic heterocycles. The molecule has 12 rings (SSSR count). The zero-order valence-corrected chi connectivity index (χ0v) is 33.3. The van der Waals surface area contributed by atoms with E-state index in [-0.39, 0.29) is 5.41 Å². The van der Waals surface area contributed by atoms with Gasteiger partial charge in [0, 0.05) is 5.41 Å². The minimum Gasteiger partial charge on any atom is -0.0622 e. The van der Waals surface area contributed by atoms with Crippen LogP contribution in [0.3, 0.4) is 0 Å². The van der Waals surface area contributed by atoms with Crippen molar-refractivity contribution in [3.05, 3.63) is 193 Å². The first-order chi connectivity index (χ1) is 28.3. The van der Waals surface area contributed by atoms with E-state index in [1.807, 2.05) is 0 Å². The standard InChI is InChI=1S/C58H42/c1-34(2)40-24-18-36-21-29-49-41(25-19-37-20-28-48(40)56(36)57(37)49)38-22-26-42(50(30-38)35-12-6-5-7-13-35)39-23-27-47-53-32-51-45-16-10-8-14-43(45)44-15-9-11-17-46(44)52(51)33-55(53)58(3,4)54(47)31-39/h5-34H,1-4H3. The Hall–Kier alpha value is -6.76. The molecule has 274 valence electrons. The lowest BCUT2D eigenvalue weighted by Crippen LogP contribution is -2.15. The zero-order chi connectivity index (χ0) is 38.9. The van der Waals surface area contributed by atoms with Gasteiger partial charge in [0.1, 0.15) is 0 Å². The minimum absolute atomic E-state index is 0.161. The smallest absolute Gasteiger partial charge is 0.0159 e. The third-order valence-corrected chi connectivity index (χ3v) is 13.6. The summed E-state index contributed by atoms with van der Waals surface area (Å²) in [5.41, 5.74) is 14.2. The Labute approximate surface area is 339 Å². The van der Waals surface area contributed by atoms with Gasteiger partial charge in [-0.1, -0.05) is 179 Å². The Balaban J connectivity index is 1.04. The molecular formula is C58H42. The van der Waals surface area contributed by atoms with Crippen LogP contribution < -0.4 is 0 Å². The van der Waals surface area contributed by atoms with Crippen molar-refractivity contribution < 1.29 is 0 Å². The van der Waals surface area contributed by atoms with E-state index < -0.39 is 0 Å². The number of fused-ring (bicyclic) bond motifs is 9. The topological polar surface area (TPSA) is 0 Å². The Kier molecular flexibility index (Phi) is 6.98. The Morgan fingerprint density at radius 2 is 0.845 bits per heavy atom. The number of benzene rings is 11. The maximum atomic E-state index is 2.50. The van der Waals surface area contributed by atoms with E-state index in [4.69, 9.17) is 0 Å². The van der Waals surface area contributed by atoms with Crippen LogP contribution in [0.15, 0.2) is 176 Å². The molecule has 0 unspecified atom stereocenters. The molecular weight excluding hydrogens is 697 g/mol. The highest BCUT2D eigenvalue weighted by Crippen LogP contribution is 2.53. The van der Waals surface area contributed by atoms with Crippen LogP contribution in [0, 0.1) is 0 Å². The molecule has 1 aliphatic carbocycles. The van der Waals surface area contributed by atoms with Crippen molar-refractivity contribution in [3.63, 3.8) is 0 Å². The van der Waals surface area contributed by atoms with Gasteiger partial charge in [0.2, 0.25) is 0 Å². The van der Waals surface area contributed by atoms with Gasteiger partial charge < -0.3 is 0 Å². The first-order valence-electron chi connectivity index (χ1n) is 20.8. The lowest BCUT2D eigenvalue weighted by molar-refractivity contribution is 0.661.